The molecule has 1 N–H and O–H groups in total. The maximum absolute atomic E-state index is 11.7. The third kappa shape index (κ3) is 2.13. The Morgan fingerprint density at radius 2 is 2.15 bits per heavy atom. The van der Waals surface area contributed by atoms with Crippen LogP contribution in [0.2, 0.25) is 0 Å². The van der Waals surface area contributed by atoms with Gasteiger partial charge in [0, 0.05) is 25.5 Å². The zero-order valence-corrected chi connectivity index (χ0v) is 11.6. The summed E-state index contributed by atoms with van der Waals surface area (Å²) in [6.07, 6.45) is 3.63. The number of nitrogens with one attached hydrogen (secondary N) is 1. The van der Waals surface area contributed by atoms with Gasteiger partial charge in [0.05, 0.1) is 0 Å². The van der Waals surface area contributed by atoms with Crippen molar-refractivity contribution in [1.29, 1.82) is 0 Å². The lowest BCUT2D eigenvalue weighted by atomic mass is 10.2. The first-order chi connectivity index (χ1) is 9.66. The van der Waals surface area contributed by atoms with Gasteiger partial charge in [0.1, 0.15) is 23.5 Å². The SMILES string of the molecule is Cc1nccn1-c1cccc(N2CCNC(=O)C2C)n1. The van der Waals surface area contributed by atoms with Crippen LogP contribution in [-0.4, -0.2) is 39.6 Å². The van der Waals surface area contributed by atoms with E-state index in [1.807, 2.05) is 47.7 Å². The highest BCUT2D eigenvalue weighted by Crippen LogP contribution is 2.18. The van der Waals surface area contributed by atoms with Gasteiger partial charge in [0.25, 0.3) is 0 Å². The molecule has 0 spiro atoms. The fraction of sp³-hybridized carbons (Fsp3) is 0.357. The number of aromatic nitrogens is 3. The minimum absolute atomic E-state index is 0.0438. The summed E-state index contributed by atoms with van der Waals surface area (Å²) < 4.78 is 1.93. The van der Waals surface area contributed by atoms with Crippen molar-refractivity contribution >= 4 is 11.7 Å². The van der Waals surface area contributed by atoms with E-state index in [1.54, 1.807) is 6.20 Å². The predicted octanol–water partition coefficient (Wildman–Crippen LogP) is 0.900. The van der Waals surface area contributed by atoms with Gasteiger partial charge in [-0.15, -0.1) is 0 Å². The Kier molecular flexibility index (Phi) is 3.14. The molecule has 3 heterocycles. The van der Waals surface area contributed by atoms with E-state index in [1.165, 1.54) is 0 Å². The van der Waals surface area contributed by atoms with Crippen molar-refractivity contribution < 1.29 is 4.79 Å². The van der Waals surface area contributed by atoms with E-state index in [4.69, 9.17) is 0 Å². The average Bonchev–Trinajstić information content (AvgIpc) is 2.88. The molecule has 2 aromatic rings. The number of carbonyl (C=O) groups excluding carboxylic acids is 1. The van der Waals surface area contributed by atoms with Crippen LogP contribution in [0.1, 0.15) is 12.7 Å². The Morgan fingerprint density at radius 3 is 2.90 bits per heavy atom. The van der Waals surface area contributed by atoms with Crippen molar-refractivity contribution in [2.45, 2.75) is 19.9 Å². The van der Waals surface area contributed by atoms with E-state index < -0.39 is 0 Å². The van der Waals surface area contributed by atoms with Gasteiger partial charge in [-0.05, 0) is 26.0 Å². The molecular formula is C14H17N5O. The molecule has 0 saturated carbocycles. The van der Waals surface area contributed by atoms with E-state index >= 15 is 0 Å². The van der Waals surface area contributed by atoms with Crippen LogP contribution in [0.25, 0.3) is 5.82 Å². The van der Waals surface area contributed by atoms with E-state index in [-0.39, 0.29) is 11.9 Å². The lowest BCUT2D eigenvalue weighted by Crippen LogP contribution is -2.54. The summed E-state index contributed by atoms with van der Waals surface area (Å²) in [6.45, 7) is 5.25. The maximum atomic E-state index is 11.7. The highest BCUT2D eigenvalue weighted by Gasteiger charge is 2.26. The number of amides is 1. The molecule has 3 rings (SSSR count). The lowest BCUT2D eigenvalue weighted by molar-refractivity contribution is -0.122. The lowest BCUT2D eigenvalue weighted by Gasteiger charge is -2.33. The summed E-state index contributed by atoms with van der Waals surface area (Å²) in [5.41, 5.74) is 0. The first kappa shape index (κ1) is 12.7. The number of rotatable bonds is 2. The molecule has 0 bridgehead atoms. The standard InChI is InChI=1S/C14H17N5O/c1-10-14(20)16-7-8-18(10)12-4-3-5-13(17-12)19-9-6-15-11(19)2/h3-6,9-10H,7-8H2,1-2H3,(H,16,20). The van der Waals surface area contributed by atoms with E-state index in [2.05, 4.69) is 15.3 Å². The number of pyridine rings is 1. The van der Waals surface area contributed by atoms with Crippen molar-refractivity contribution in [2.24, 2.45) is 0 Å². The van der Waals surface area contributed by atoms with Crippen LogP contribution in [0.5, 0.6) is 0 Å². The van der Waals surface area contributed by atoms with Crippen LogP contribution in [-0.2, 0) is 4.79 Å². The topological polar surface area (TPSA) is 63.1 Å². The summed E-state index contributed by atoms with van der Waals surface area (Å²) in [4.78, 5) is 22.6. The molecule has 1 aliphatic heterocycles. The third-order valence-electron chi connectivity index (χ3n) is 3.59. The molecular weight excluding hydrogens is 254 g/mol. The van der Waals surface area contributed by atoms with Crippen LogP contribution in [0.4, 0.5) is 5.82 Å². The first-order valence-electron chi connectivity index (χ1n) is 6.68. The largest absolute Gasteiger partial charge is 0.353 e. The van der Waals surface area contributed by atoms with Gasteiger partial charge >= 0.3 is 0 Å². The fourth-order valence-corrected chi connectivity index (χ4v) is 2.42. The van der Waals surface area contributed by atoms with Gasteiger partial charge in [-0.1, -0.05) is 6.07 Å². The molecule has 6 nitrogen and oxygen atoms in total. The van der Waals surface area contributed by atoms with Crippen LogP contribution >= 0.6 is 0 Å². The van der Waals surface area contributed by atoms with Crippen LogP contribution in [0.3, 0.4) is 0 Å². The Hall–Kier alpha value is -2.37. The van der Waals surface area contributed by atoms with Crippen molar-refractivity contribution in [3.63, 3.8) is 0 Å². The summed E-state index contributed by atoms with van der Waals surface area (Å²) in [5.74, 6) is 2.56. The predicted molar refractivity (Wildman–Crippen MR) is 75.9 cm³/mol. The van der Waals surface area contributed by atoms with E-state index in [0.29, 0.717) is 6.54 Å². The van der Waals surface area contributed by atoms with Crippen LogP contribution in [0, 0.1) is 6.92 Å². The molecule has 20 heavy (non-hydrogen) atoms. The van der Waals surface area contributed by atoms with Gasteiger partial charge < -0.3 is 10.2 Å². The molecule has 0 radical (unpaired) electrons. The number of carbonyl (C=O) groups is 1. The molecule has 0 aromatic carbocycles. The average molecular weight is 271 g/mol. The normalized spacial score (nSPS) is 19.0. The van der Waals surface area contributed by atoms with Gasteiger partial charge in [0.2, 0.25) is 5.91 Å². The number of anilines is 1. The zero-order valence-electron chi connectivity index (χ0n) is 11.6. The van der Waals surface area contributed by atoms with Crippen LogP contribution in [0.15, 0.2) is 30.6 Å². The number of imidazole rings is 1. The Morgan fingerprint density at radius 1 is 1.35 bits per heavy atom. The number of hydrogen-bond donors (Lipinski definition) is 1. The maximum Gasteiger partial charge on any atom is 0.242 e. The van der Waals surface area contributed by atoms with Crippen LogP contribution < -0.4 is 10.2 Å². The molecule has 1 saturated heterocycles. The summed E-state index contributed by atoms with van der Waals surface area (Å²) in [6, 6.07) is 5.63. The second kappa shape index (κ2) is 4.96. The summed E-state index contributed by atoms with van der Waals surface area (Å²) in [5, 5.41) is 2.86. The summed E-state index contributed by atoms with van der Waals surface area (Å²) >= 11 is 0. The van der Waals surface area contributed by atoms with Crippen molar-refractivity contribution in [2.75, 3.05) is 18.0 Å². The van der Waals surface area contributed by atoms with Crippen molar-refractivity contribution in [3.05, 3.63) is 36.4 Å². The minimum atomic E-state index is -0.199. The minimum Gasteiger partial charge on any atom is -0.353 e. The molecule has 1 fully saturated rings. The highest BCUT2D eigenvalue weighted by molar-refractivity contribution is 5.85. The highest BCUT2D eigenvalue weighted by atomic mass is 16.2. The van der Waals surface area contributed by atoms with Gasteiger partial charge in [0.15, 0.2) is 0 Å². The van der Waals surface area contributed by atoms with Crippen molar-refractivity contribution in [1.82, 2.24) is 19.9 Å². The number of hydrogen-bond acceptors (Lipinski definition) is 4. The monoisotopic (exact) mass is 271 g/mol. The number of piperazine rings is 1. The molecule has 1 aliphatic rings. The second-order valence-corrected chi connectivity index (χ2v) is 4.86. The molecule has 6 heteroatoms. The first-order valence-corrected chi connectivity index (χ1v) is 6.68. The van der Waals surface area contributed by atoms with E-state index in [0.717, 1.165) is 24.0 Å². The molecule has 1 atom stereocenters. The number of aryl methyl sites for hydroxylation is 1. The smallest absolute Gasteiger partial charge is 0.242 e. The quantitative estimate of drug-likeness (QED) is 0.881. The molecule has 2 aromatic heterocycles. The molecule has 104 valence electrons. The fourth-order valence-electron chi connectivity index (χ4n) is 2.42. The molecule has 1 unspecified atom stereocenters. The van der Waals surface area contributed by atoms with Crippen molar-refractivity contribution in [3.8, 4) is 5.82 Å². The molecule has 1 amide bonds. The summed E-state index contributed by atoms with van der Waals surface area (Å²) in [7, 11) is 0. The Bertz CT molecular complexity index is 636. The van der Waals surface area contributed by atoms with Gasteiger partial charge in [-0.25, -0.2) is 9.97 Å². The second-order valence-electron chi connectivity index (χ2n) is 4.86. The Labute approximate surface area is 117 Å². The Balaban J connectivity index is 1.95. The van der Waals surface area contributed by atoms with E-state index in [9.17, 15) is 4.79 Å². The third-order valence-corrected chi connectivity index (χ3v) is 3.59. The zero-order chi connectivity index (χ0) is 14.1. The van der Waals surface area contributed by atoms with Gasteiger partial charge in [-0.3, -0.25) is 9.36 Å². The molecule has 0 aliphatic carbocycles. The van der Waals surface area contributed by atoms with Gasteiger partial charge in [-0.2, -0.15) is 0 Å². The number of nitrogens with zero attached hydrogens (tertiary/aromatic N) is 4.